The molecule has 0 amide bonds. The number of hydrogen-bond donors (Lipinski definition) is 2. The van der Waals surface area contributed by atoms with Crippen LogP contribution in [0, 0.1) is 0 Å². The molecule has 3 rings (SSSR count). The summed E-state index contributed by atoms with van der Waals surface area (Å²) in [4.78, 5) is 31.7. The van der Waals surface area contributed by atoms with Gasteiger partial charge in [0.05, 0.1) is 18.5 Å². The Labute approximate surface area is 169 Å². The molecule has 7 nitrogen and oxygen atoms in total. The fraction of sp³-hybridized carbons (Fsp3) is 0.409. The van der Waals surface area contributed by atoms with E-state index >= 15 is 0 Å². The van der Waals surface area contributed by atoms with Crippen LogP contribution in [0.15, 0.2) is 50.5 Å². The van der Waals surface area contributed by atoms with Gasteiger partial charge in [-0.25, -0.2) is 9.36 Å². The Morgan fingerprint density at radius 2 is 2.00 bits per heavy atom. The molecule has 0 saturated carbocycles. The molecule has 154 valence electrons. The van der Waals surface area contributed by atoms with Gasteiger partial charge in [0.15, 0.2) is 0 Å². The number of ether oxygens (including phenoxy) is 1. The minimum Gasteiger partial charge on any atom is -0.497 e. The summed E-state index contributed by atoms with van der Waals surface area (Å²) in [5, 5.41) is 10.8. The number of methoxy groups -OCH3 is 1. The van der Waals surface area contributed by atoms with Crippen LogP contribution in [0.3, 0.4) is 0 Å². The van der Waals surface area contributed by atoms with Crippen molar-refractivity contribution in [1.82, 2.24) is 9.55 Å². The maximum Gasteiger partial charge on any atom is 0.335 e. The lowest BCUT2D eigenvalue weighted by molar-refractivity contribution is 0.414. The van der Waals surface area contributed by atoms with Gasteiger partial charge in [-0.2, -0.15) is 0 Å². The second kappa shape index (κ2) is 9.41. The summed E-state index contributed by atoms with van der Waals surface area (Å²) in [6.45, 7) is 2.43. The highest BCUT2D eigenvalue weighted by molar-refractivity contribution is 6.02. The summed E-state index contributed by atoms with van der Waals surface area (Å²) < 4.78 is 6.20. The van der Waals surface area contributed by atoms with Crippen molar-refractivity contribution in [3.63, 3.8) is 0 Å². The summed E-state index contributed by atoms with van der Waals surface area (Å²) in [5.41, 5.74) is 1.02. The average molecular weight is 397 g/mol. The van der Waals surface area contributed by atoms with E-state index in [0.717, 1.165) is 23.8 Å². The molecule has 1 aliphatic carbocycles. The van der Waals surface area contributed by atoms with E-state index in [2.05, 4.69) is 16.1 Å². The van der Waals surface area contributed by atoms with Gasteiger partial charge >= 0.3 is 5.69 Å². The number of H-pyrrole nitrogens is 1. The number of allylic oxidation sites excluding steroid dienone is 1. The quantitative estimate of drug-likeness (QED) is 0.553. The fourth-order valence-electron chi connectivity index (χ4n) is 3.59. The molecule has 0 spiro atoms. The van der Waals surface area contributed by atoms with Gasteiger partial charge in [-0.3, -0.25) is 14.8 Å². The molecule has 0 bridgehead atoms. The Morgan fingerprint density at radius 1 is 1.24 bits per heavy atom. The molecule has 1 aliphatic rings. The molecule has 2 N–H and O–H groups in total. The molecule has 1 aromatic carbocycles. The zero-order valence-corrected chi connectivity index (χ0v) is 16.9. The van der Waals surface area contributed by atoms with Crippen LogP contribution >= 0.6 is 0 Å². The SMILES string of the molecule is CCC(=NCCC1=CCCCC1)c1c(O)n(-c2ccc(OC)cc2)c(=O)[nH]c1=O. The van der Waals surface area contributed by atoms with Crippen LogP contribution in [0.5, 0.6) is 11.6 Å². The minimum atomic E-state index is -0.704. The first-order valence-electron chi connectivity index (χ1n) is 9.99. The number of nitrogens with one attached hydrogen (secondary N) is 1. The fourth-order valence-corrected chi connectivity index (χ4v) is 3.59. The molecular weight excluding hydrogens is 370 g/mol. The van der Waals surface area contributed by atoms with Crippen LogP contribution in [0.1, 0.15) is 51.0 Å². The standard InChI is InChI=1S/C22H27N3O4/c1-3-18(23-14-13-15-7-5-4-6-8-15)19-20(26)24-22(28)25(21(19)27)16-9-11-17(29-2)12-10-16/h7,9-12,27H,3-6,8,13-14H2,1-2H3,(H,24,26,28). The first kappa shape index (κ1) is 20.6. The number of hydrogen-bond acceptors (Lipinski definition) is 5. The summed E-state index contributed by atoms with van der Waals surface area (Å²) in [6.07, 6.45) is 8.26. The van der Waals surface area contributed by atoms with Crippen molar-refractivity contribution in [1.29, 1.82) is 0 Å². The van der Waals surface area contributed by atoms with Crippen molar-refractivity contribution in [3.8, 4) is 17.3 Å². The molecule has 2 aromatic rings. The smallest absolute Gasteiger partial charge is 0.335 e. The van der Waals surface area contributed by atoms with Gasteiger partial charge in [0.2, 0.25) is 5.88 Å². The van der Waals surface area contributed by atoms with Gasteiger partial charge < -0.3 is 9.84 Å². The van der Waals surface area contributed by atoms with Crippen LogP contribution in [0.4, 0.5) is 0 Å². The summed E-state index contributed by atoms with van der Waals surface area (Å²) in [5.74, 6) is 0.222. The molecule has 0 saturated heterocycles. The maximum atomic E-state index is 12.5. The van der Waals surface area contributed by atoms with E-state index in [1.165, 1.54) is 18.4 Å². The maximum absolute atomic E-state index is 12.5. The predicted molar refractivity (Wildman–Crippen MR) is 114 cm³/mol. The third kappa shape index (κ3) is 4.67. The number of nitrogens with zero attached hydrogens (tertiary/aromatic N) is 2. The van der Waals surface area contributed by atoms with Crippen LogP contribution < -0.4 is 16.0 Å². The number of aromatic hydroxyl groups is 1. The molecule has 0 aliphatic heterocycles. The largest absolute Gasteiger partial charge is 0.497 e. The monoisotopic (exact) mass is 397 g/mol. The van der Waals surface area contributed by atoms with E-state index < -0.39 is 17.1 Å². The Hall–Kier alpha value is -3.09. The highest BCUT2D eigenvalue weighted by atomic mass is 16.5. The van der Waals surface area contributed by atoms with E-state index in [0.29, 0.717) is 30.1 Å². The first-order chi connectivity index (χ1) is 14.0. The van der Waals surface area contributed by atoms with Gasteiger partial charge in [0.25, 0.3) is 5.56 Å². The highest BCUT2D eigenvalue weighted by Crippen LogP contribution is 2.22. The zero-order chi connectivity index (χ0) is 20.8. The third-order valence-corrected chi connectivity index (χ3v) is 5.16. The van der Waals surface area contributed by atoms with Gasteiger partial charge in [-0.15, -0.1) is 0 Å². The van der Waals surface area contributed by atoms with E-state index in [1.54, 1.807) is 31.4 Å². The molecule has 0 atom stereocenters. The molecule has 0 radical (unpaired) electrons. The van der Waals surface area contributed by atoms with Crippen molar-refractivity contribution >= 4 is 5.71 Å². The van der Waals surface area contributed by atoms with Crippen molar-refractivity contribution in [2.75, 3.05) is 13.7 Å². The summed E-state index contributed by atoms with van der Waals surface area (Å²) in [6, 6.07) is 6.64. The minimum absolute atomic E-state index is 0.0422. The van der Waals surface area contributed by atoms with Crippen molar-refractivity contribution in [2.45, 2.75) is 45.4 Å². The first-order valence-corrected chi connectivity index (χ1v) is 9.99. The summed E-state index contributed by atoms with van der Waals surface area (Å²) in [7, 11) is 1.55. The van der Waals surface area contributed by atoms with Crippen LogP contribution in [-0.2, 0) is 0 Å². The van der Waals surface area contributed by atoms with E-state index in [-0.39, 0.29) is 5.56 Å². The van der Waals surface area contributed by atoms with E-state index in [9.17, 15) is 14.7 Å². The van der Waals surface area contributed by atoms with Gasteiger partial charge in [-0.05, 0) is 62.8 Å². The van der Waals surface area contributed by atoms with Crippen LogP contribution in [0.25, 0.3) is 5.69 Å². The molecule has 1 heterocycles. The Bertz CT molecular complexity index is 1030. The number of rotatable bonds is 7. The van der Waals surface area contributed by atoms with Crippen molar-refractivity contribution in [2.24, 2.45) is 4.99 Å². The second-order valence-corrected chi connectivity index (χ2v) is 7.03. The second-order valence-electron chi connectivity index (χ2n) is 7.03. The van der Waals surface area contributed by atoms with Gasteiger partial charge in [0, 0.05) is 6.54 Å². The third-order valence-electron chi connectivity index (χ3n) is 5.16. The molecule has 0 fully saturated rings. The molecule has 1 aromatic heterocycles. The summed E-state index contributed by atoms with van der Waals surface area (Å²) >= 11 is 0. The number of aliphatic imine (C=N–C) groups is 1. The Balaban J connectivity index is 1.96. The topological polar surface area (TPSA) is 96.7 Å². The van der Waals surface area contributed by atoms with E-state index in [1.807, 2.05) is 6.92 Å². The van der Waals surface area contributed by atoms with Crippen LogP contribution in [0.2, 0.25) is 0 Å². The molecule has 7 heteroatoms. The highest BCUT2D eigenvalue weighted by Gasteiger charge is 2.19. The van der Waals surface area contributed by atoms with Crippen molar-refractivity contribution < 1.29 is 9.84 Å². The lowest BCUT2D eigenvalue weighted by Gasteiger charge is -2.14. The molecular formula is C22H27N3O4. The number of aromatic nitrogens is 2. The van der Waals surface area contributed by atoms with E-state index in [4.69, 9.17) is 4.74 Å². The lowest BCUT2D eigenvalue weighted by Crippen LogP contribution is -2.33. The Morgan fingerprint density at radius 3 is 2.62 bits per heavy atom. The Kier molecular flexibility index (Phi) is 6.69. The van der Waals surface area contributed by atoms with Crippen LogP contribution in [-0.4, -0.2) is 34.0 Å². The molecule has 0 unspecified atom stereocenters. The predicted octanol–water partition coefficient (Wildman–Crippen LogP) is 3.33. The normalized spacial score (nSPS) is 14.6. The van der Waals surface area contributed by atoms with Gasteiger partial charge in [0.1, 0.15) is 11.3 Å². The zero-order valence-electron chi connectivity index (χ0n) is 16.9. The molecule has 29 heavy (non-hydrogen) atoms. The van der Waals surface area contributed by atoms with Crippen molar-refractivity contribution in [3.05, 3.63) is 62.3 Å². The number of aromatic amines is 1. The number of benzene rings is 1. The average Bonchev–Trinajstić information content (AvgIpc) is 2.73. The van der Waals surface area contributed by atoms with Gasteiger partial charge in [-0.1, -0.05) is 18.6 Å². The lowest BCUT2D eigenvalue weighted by atomic mass is 9.97.